The van der Waals surface area contributed by atoms with E-state index in [2.05, 4.69) is 18.7 Å². The minimum Gasteiger partial charge on any atom is -0.479 e. The van der Waals surface area contributed by atoms with Gasteiger partial charge in [0.05, 0.1) is 17.2 Å². The second-order valence-corrected chi connectivity index (χ2v) is 6.59. The number of hydrogen-bond acceptors (Lipinski definition) is 4. The molecule has 22 heavy (non-hydrogen) atoms. The zero-order chi connectivity index (χ0) is 16.3. The van der Waals surface area contributed by atoms with E-state index in [1.54, 1.807) is 6.07 Å². The van der Waals surface area contributed by atoms with Crippen molar-refractivity contribution in [3.8, 4) is 5.75 Å². The standard InChI is InChI=1S/C16H22ClNO4/c1-11(15(19)20)22-14-5-4-12(8-13(14)17)9-18-6-7-21-16(2,3)10-18/h4-5,8,11H,6-7,9-10H2,1-3H3,(H,19,20)/t11-/m1/s1. The Balaban J connectivity index is 2.01. The summed E-state index contributed by atoms with van der Waals surface area (Å²) in [5.74, 6) is -0.627. The Kier molecular flexibility index (Phi) is 5.32. The molecule has 5 nitrogen and oxygen atoms in total. The maximum Gasteiger partial charge on any atom is 0.344 e. The van der Waals surface area contributed by atoms with Crippen LogP contribution in [0.15, 0.2) is 18.2 Å². The summed E-state index contributed by atoms with van der Waals surface area (Å²) in [6, 6.07) is 5.47. The smallest absolute Gasteiger partial charge is 0.344 e. The van der Waals surface area contributed by atoms with Gasteiger partial charge in [-0.2, -0.15) is 0 Å². The van der Waals surface area contributed by atoms with Crippen LogP contribution in [0.25, 0.3) is 0 Å². The quantitative estimate of drug-likeness (QED) is 0.901. The molecule has 1 N–H and O–H groups in total. The number of ether oxygens (including phenoxy) is 2. The third-order valence-corrected chi connectivity index (χ3v) is 3.85. The highest BCUT2D eigenvalue weighted by Crippen LogP contribution is 2.27. The number of benzene rings is 1. The zero-order valence-electron chi connectivity index (χ0n) is 13.1. The molecule has 1 atom stereocenters. The molecule has 0 amide bonds. The Hall–Kier alpha value is -1.30. The van der Waals surface area contributed by atoms with Gasteiger partial charge >= 0.3 is 5.97 Å². The summed E-state index contributed by atoms with van der Waals surface area (Å²) >= 11 is 6.19. The monoisotopic (exact) mass is 327 g/mol. The van der Waals surface area contributed by atoms with E-state index in [0.29, 0.717) is 10.8 Å². The van der Waals surface area contributed by atoms with E-state index in [1.165, 1.54) is 6.92 Å². The van der Waals surface area contributed by atoms with Crippen molar-refractivity contribution < 1.29 is 19.4 Å². The zero-order valence-corrected chi connectivity index (χ0v) is 13.9. The molecule has 0 saturated carbocycles. The Labute approximate surface area is 135 Å². The Morgan fingerprint density at radius 3 is 2.86 bits per heavy atom. The van der Waals surface area contributed by atoms with Crippen molar-refractivity contribution in [2.75, 3.05) is 19.7 Å². The first-order chi connectivity index (χ1) is 10.3. The molecular formula is C16H22ClNO4. The lowest BCUT2D eigenvalue weighted by Gasteiger charge is -2.38. The average Bonchev–Trinajstić information content (AvgIpc) is 2.40. The third kappa shape index (κ3) is 4.60. The van der Waals surface area contributed by atoms with Crippen LogP contribution in [0, 0.1) is 0 Å². The third-order valence-electron chi connectivity index (χ3n) is 3.56. The molecule has 0 radical (unpaired) electrons. The molecule has 122 valence electrons. The van der Waals surface area contributed by atoms with Crippen LogP contribution in [-0.2, 0) is 16.1 Å². The average molecular weight is 328 g/mol. The molecule has 0 aromatic heterocycles. The second-order valence-electron chi connectivity index (χ2n) is 6.18. The first-order valence-corrected chi connectivity index (χ1v) is 7.69. The van der Waals surface area contributed by atoms with Gasteiger partial charge in [-0.1, -0.05) is 17.7 Å². The van der Waals surface area contributed by atoms with Gasteiger partial charge in [-0.25, -0.2) is 4.79 Å². The summed E-state index contributed by atoms with van der Waals surface area (Å²) in [7, 11) is 0. The van der Waals surface area contributed by atoms with Crippen LogP contribution in [0.5, 0.6) is 5.75 Å². The highest BCUT2D eigenvalue weighted by Gasteiger charge is 2.27. The van der Waals surface area contributed by atoms with Crippen molar-refractivity contribution in [3.63, 3.8) is 0 Å². The summed E-state index contributed by atoms with van der Waals surface area (Å²) in [4.78, 5) is 13.1. The molecule has 1 aromatic rings. The van der Waals surface area contributed by atoms with Crippen LogP contribution in [0.2, 0.25) is 5.02 Å². The van der Waals surface area contributed by atoms with Crippen molar-refractivity contribution in [2.45, 2.75) is 39.0 Å². The fraction of sp³-hybridized carbons (Fsp3) is 0.562. The molecular weight excluding hydrogens is 306 g/mol. The van der Waals surface area contributed by atoms with Gasteiger partial charge in [-0.05, 0) is 38.5 Å². The Bertz CT molecular complexity index is 547. The number of halogens is 1. The molecule has 6 heteroatoms. The number of hydrogen-bond donors (Lipinski definition) is 1. The molecule has 1 aliphatic rings. The predicted octanol–water partition coefficient (Wildman–Crippen LogP) is 2.80. The molecule has 2 rings (SSSR count). The van der Waals surface area contributed by atoms with Gasteiger partial charge in [0.15, 0.2) is 6.10 Å². The molecule has 0 unspecified atom stereocenters. The number of nitrogens with zero attached hydrogens (tertiary/aromatic N) is 1. The number of rotatable bonds is 5. The summed E-state index contributed by atoms with van der Waals surface area (Å²) in [6.45, 7) is 8.88. The molecule has 1 fully saturated rings. The molecule has 1 aromatic carbocycles. The van der Waals surface area contributed by atoms with Crippen molar-refractivity contribution in [3.05, 3.63) is 28.8 Å². The van der Waals surface area contributed by atoms with Crippen LogP contribution >= 0.6 is 11.6 Å². The lowest BCUT2D eigenvalue weighted by atomic mass is 10.1. The molecule has 0 aliphatic carbocycles. The van der Waals surface area contributed by atoms with Crippen LogP contribution in [0.1, 0.15) is 26.3 Å². The fourth-order valence-electron chi connectivity index (χ4n) is 2.49. The Morgan fingerprint density at radius 2 is 2.27 bits per heavy atom. The van der Waals surface area contributed by atoms with E-state index < -0.39 is 12.1 Å². The highest BCUT2D eigenvalue weighted by atomic mass is 35.5. The Morgan fingerprint density at radius 1 is 1.55 bits per heavy atom. The van der Waals surface area contributed by atoms with Crippen molar-refractivity contribution >= 4 is 17.6 Å². The summed E-state index contributed by atoms with van der Waals surface area (Å²) < 4.78 is 11.0. The van der Waals surface area contributed by atoms with E-state index in [0.717, 1.165) is 31.8 Å². The largest absolute Gasteiger partial charge is 0.479 e. The van der Waals surface area contributed by atoms with Gasteiger partial charge in [0.2, 0.25) is 0 Å². The highest BCUT2D eigenvalue weighted by molar-refractivity contribution is 6.32. The van der Waals surface area contributed by atoms with Crippen molar-refractivity contribution in [1.82, 2.24) is 4.90 Å². The normalized spacial score (nSPS) is 19.6. The lowest BCUT2D eigenvalue weighted by Crippen LogP contribution is -2.47. The summed E-state index contributed by atoms with van der Waals surface area (Å²) in [6.07, 6.45) is -0.927. The number of carbonyl (C=O) groups is 1. The maximum absolute atomic E-state index is 10.8. The van der Waals surface area contributed by atoms with Crippen molar-refractivity contribution in [2.24, 2.45) is 0 Å². The van der Waals surface area contributed by atoms with Gasteiger partial charge in [0, 0.05) is 19.6 Å². The number of carboxylic acids is 1. The summed E-state index contributed by atoms with van der Waals surface area (Å²) in [5.41, 5.74) is 0.931. The number of aliphatic carboxylic acids is 1. The molecule has 0 bridgehead atoms. The maximum atomic E-state index is 10.8. The number of carboxylic acid groups (broad SMARTS) is 1. The van der Waals surface area contributed by atoms with E-state index in [-0.39, 0.29) is 5.60 Å². The second kappa shape index (κ2) is 6.86. The van der Waals surface area contributed by atoms with Gasteiger partial charge < -0.3 is 14.6 Å². The summed E-state index contributed by atoms with van der Waals surface area (Å²) in [5, 5.41) is 9.30. The topological polar surface area (TPSA) is 59.0 Å². The van der Waals surface area contributed by atoms with Gasteiger partial charge in [0.1, 0.15) is 5.75 Å². The molecule has 1 heterocycles. The van der Waals surface area contributed by atoms with E-state index in [1.807, 2.05) is 12.1 Å². The molecule has 1 saturated heterocycles. The molecule has 1 aliphatic heterocycles. The number of morpholine rings is 1. The first-order valence-electron chi connectivity index (χ1n) is 7.31. The minimum absolute atomic E-state index is 0.137. The van der Waals surface area contributed by atoms with E-state index >= 15 is 0 Å². The van der Waals surface area contributed by atoms with E-state index in [9.17, 15) is 4.79 Å². The molecule has 0 spiro atoms. The van der Waals surface area contributed by atoms with E-state index in [4.69, 9.17) is 26.2 Å². The predicted molar refractivity (Wildman–Crippen MR) is 84.5 cm³/mol. The van der Waals surface area contributed by atoms with Gasteiger partial charge in [0.25, 0.3) is 0 Å². The van der Waals surface area contributed by atoms with Crippen LogP contribution in [0.4, 0.5) is 0 Å². The van der Waals surface area contributed by atoms with Crippen LogP contribution in [0.3, 0.4) is 0 Å². The van der Waals surface area contributed by atoms with Crippen molar-refractivity contribution in [1.29, 1.82) is 0 Å². The lowest BCUT2D eigenvalue weighted by molar-refractivity contribution is -0.144. The minimum atomic E-state index is -1.02. The van der Waals surface area contributed by atoms with Crippen LogP contribution in [-0.4, -0.2) is 47.4 Å². The van der Waals surface area contributed by atoms with Gasteiger partial charge in [-0.15, -0.1) is 0 Å². The fourth-order valence-corrected chi connectivity index (χ4v) is 2.73. The van der Waals surface area contributed by atoms with Gasteiger partial charge in [-0.3, -0.25) is 4.90 Å². The first kappa shape index (κ1) is 17.1. The van der Waals surface area contributed by atoms with Crippen LogP contribution < -0.4 is 4.74 Å². The SMILES string of the molecule is C[C@@H](Oc1ccc(CN2CCOC(C)(C)C2)cc1Cl)C(=O)O.